The van der Waals surface area contributed by atoms with Gasteiger partial charge in [0.25, 0.3) is 5.91 Å². The summed E-state index contributed by atoms with van der Waals surface area (Å²) < 4.78 is 0. The molecule has 0 atom stereocenters. The van der Waals surface area contributed by atoms with Gasteiger partial charge in [-0.1, -0.05) is 55.3 Å². The first kappa shape index (κ1) is 17.8. The van der Waals surface area contributed by atoms with Gasteiger partial charge in [-0.05, 0) is 25.0 Å². The van der Waals surface area contributed by atoms with Gasteiger partial charge in [0.2, 0.25) is 5.91 Å². The molecule has 1 spiro atoms. The van der Waals surface area contributed by atoms with Crippen LogP contribution >= 0.6 is 11.8 Å². The number of carbonyl (C=O) groups is 3. The number of carbonyl (C=O) groups excluding carboxylic acids is 3. The molecule has 1 aliphatic carbocycles. The number of rotatable bonds is 4. The van der Waals surface area contributed by atoms with Crippen LogP contribution in [0.4, 0.5) is 4.79 Å². The van der Waals surface area contributed by atoms with Gasteiger partial charge in [0.1, 0.15) is 5.54 Å². The summed E-state index contributed by atoms with van der Waals surface area (Å²) >= 11 is 1.26. The van der Waals surface area contributed by atoms with Crippen molar-refractivity contribution in [3.05, 3.63) is 36.4 Å². The molecule has 2 N–H and O–H groups in total. The van der Waals surface area contributed by atoms with E-state index in [-0.39, 0.29) is 11.7 Å². The van der Waals surface area contributed by atoms with E-state index in [2.05, 4.69) is 15.7 Å². The van der Waals surface area contributed by atoms with E-state index >= 15 is 0 Å². The van der Waals surface area contributed by atoms with Gasteiger partial charge in [-0.3, -0.25) is 15.0 Å². The number of imide groups is 1. The van der Waals surface area contributed by atoms with Crippen molar-refractivity contribution in [3.8, 4) is 0 Å². The van der Waals surface area contributed by atoms with Crippen molar-refractivity contribution in [2.45, 2.75) is 42.7 Å². The number of para-hydroxylation sites is 1. The number of thioether (sulfide) groups is 1. The summed E-state index contributed by atoms with van der Waals surface area (Å²) in [4.78, 5) is 41.6. The van der Waals surface area contributed by atoms with E-state index in [1.54, 1.807) is 0 Å². The van der Waals surface area contributed by atoms with Gasteiger partial charge in [0.05, 0.1) is 16.3 Å². The van der Waals surface area contributed by atoms with Crippen molar-refractivity contribution in [2.24, 2.45) is 0 Å². The minimum absolute atomic E-state index is 0.0649. The van der Waals surface area contributed by atoms with Crippen molar-refractivity contribution in [1.29, 1.82) is 0 Å². The van der Waals surface area contributed by atoms with Gasteiger partial charge in [-0.2, -0.15) is 5.01 Å². The van der Waals surface area contributed by atoms with Gasteiger partial charge in [0.15, 0.2) is 0 Å². The number of amides is 4. The molecule has 7 nitrogen and oxygen atoms in total. The first-order chi connectivity index (χ1) is 13.1. The van der Waals surface area contributed by atoms with Crippen LogP contribution in [0.2, 0.25) is 0 Å². The number of hydrogen-bond donors (Lipinski definition) is 2. The Bertz CT molecular complexity index is 911. The summed E-state index contributed by atoms with van der Waals surface area (Å²) in [6, 6.07) is 11.0. The molecule has 1 aliphatic heterocycles. The van der Waals surface area contributed by atoms with Crippen molar-refractivity contribution in [1.82, 2.24) is 20.7 Å². The van der Waals surface area contributed by atoms with Gasteiger partial charge in [-0.25, -0.2) is 9.78 Å². The Morgan fingerprint density at radius 2 is 1.93 bits per heavy atom. The summed E-state index contributed by atoms with van der Waals surface area (Å²) in [5.41, 5.74) is 2.46. The fourth-order valence-electron chi connectivity index (χ4n) is 3.64. The monoisotopic (exact) mass is 384 g/mol. The molecule has 1 saturated heterocycles. The predicted octanol–water partition coefficient (Wildman–Crippen LogP) is 2.61. The van der Waals surface area contributed by atoms with Crippen LogP contribution in [0, 0.1) is 0 Å². The van der Waals surface area contributed by atoms with Gasteiger partial charge in [-0.15, -0.1) is 0 Å². The third kappa shape index (κ3) is 3.49. The van der Waals surface area contributed by atoms with Crippen LogP contribution in [-0.2, 0) is 9.59 Å². The Morgan fingerprint density at radius 3 is 2.74 bits per heavy atom. The largest absolute Gasteiger partial charge is 0.344 e. The molecule has 8 heteroatoms. The van der Waals surface area contributed by atoms with Crippen LogP contribution in [0.5, 0.6) is 0 Å². The normalized spacial score (nSPS) is 18.7. The molecule has 2 aliphatic rings. The highest BCUT2D eigenvalue weighted by molar-refractivity contribution is 7.99. The van der Waals surface area contributed by atoms with Crippen molar-refractivity contribution in [2.75, 3.05) is 5.75 Å². The summed E-state index contributed by atoms with van der Waals surface area (Å²) in [7, 11) is 0. The molecule has 2 fully saturated rings. The second-order valence-corrected chi connectivity index (χ2v) is 7.87. The zero-order valence-corrected chi connectivity index (χ0v) is 15.6. The Morgan fingerprint density at radius 1 is 1.15 bits per heavy atom. The van der Waals surface area contributed by atoms with Crippen molar-refractivity contribution >= 4 is 40.5 Å². The van der Waals surface area contributed by atoms with Crippen LogP contribution < -0.4 is 10.7 Å². The van der Waals surface area contributed by atoms with E-state index < -0.39 is 17.5 Å². The fourth-order valence-corrected chi connectivity index (χ4v) is 4.31. The molecule has 1 aromatic heterocycles. The van der Waals surface area contributed by atoms with Crippen LogP contribution in [0.25, 0.3) is 10.9 Å². The first-order valence-corrected chi connectivity index (χ1v) is 10.0. The smallest absolute Gasteiger partial charge is 0.322 e. The Kier molecular flexibility index (Phi) is 4.73. The van der Waals surface area contributed by atoms with Crippen molar-refractivity contribution < 1.29 is 14.4 Å². The third-order valence-electron chi connectivity index (χ3n) is 5.03. The number of pyridine rings is 1. The lowest BCUT2D eigenvalue weighted by atomic mass is 9.82. The number of nitrogens with one attached hydrogen (secondary N) is 2. The minimum atomic E-state index is -0.838. The first-order valence-electron chi connectivity index (χ1n) is 9.02. The maximum absolute atomic E-state index is 12.7. The van der Waals surface area contributed by atoms with E-state index in [0.29, 0.717) is 17.9 Å². The number of hydrogen-bond acceptors (Lipinski definition) is 5. The quantitative estimate of drug-likeness (QED) is 0.625. The lowest BCUT2D eigenvalue weighted by Gasteiger charge is -2.30. The summed E-state index contributed by atoms with van der Waals surface area (Å²) in [6.45, 7) is 0. The van der Waals surface area contributed by atoms with Crippen LogP contribution in [0.1, 0.15) is 32.1 Å². The second-order valence-electron chi connectivity index (χ2n) is 6.88. The summed E-state index contributed by atoms with van der Waals surface area (Å²) in [5, 5.41) is 5.35. The van der Waals surface area contributed by atoms with Gasteiger partial charge in [0, 0.05) is 5.39 Å². The molecule has 4 rings (SSSR count). The molecule has 0 radical (unpaired) electrons. The molecule has 0 unspecified atom stereocenters. The number of fused-ring (bicyclic) bond motifs is 1. The lowest BCUT2D eigenvalue weighted by molar-refractivity contribution is -0.139. The zero-order valence-electron chi connectivity index (χ0n) is 14.7. The van der Waals surface area contributed by atoms with Crippen LogP contribution in [0.15, 0.2) is 41.4 Å². The highest BCUT2D eigenvalue weighted by Crippen LogP contribution is 2.33. The average molecular weight is 384 g/mol. The molecular formula is C19H20N4O3S. The molecule has 0 bridgehead atoms. The number of hydrazine groups is 1. The molecular weight excluding hydrogens is 364 g/mol. The Hall–Kier alpha value is -2.61. The zero-order chi connectivity index (χ0) is 18.9. The van der Waals surface area contributed by atoms with E-state index in [4.69, 9.17) is 0 Å². The molecule has 2 heterocycles. The fraction of sp³-hybridized carbons (Fsp3) is 0.368. The Balaban J connectivity index is 1.37. The summed E-state index contributed by atoms with van der Waals surface area (Å²) in [6.07, 6.45) is 4.11. The molecule has 4 amide bonds. The molecule has 140 valence electrons. The maximum atomic E-state index is 12.7. The molecule has 1 aromatic carbocycles. The standard InChI is InChI=1S/C19H20N4O3S/c24-15(12-27-16-9-8-13-6-2-3-7-14(13)20-16)22-23-17(25)19(21-18(23)26)10-4-1-5-11-19/h2-3,6-9H,1,4-5,10-12H2,(H,21,26)(H,22,24). The topological polar surface area (TPSA) is 91.4 Å². The molecule has 27 heavy (non-hydrogen) atoms. The van der Waals surface area contributed by atoms with Gasteiger partial charge >= 0.3 is 6.03 Å². The van der Waals surface area contributed by atoms with E-state index in [9.17, 15) is 14.4 Å². The number of aromatic nitrogens is 1. The summed E-state index contributed by atoms with van der Waals surface area (Å²) in [5.74, 6) is -0.698. The van der Waals surface area contributed by atoms with Crippen molar-refractivity contribution in [3.63, 3.8) is 0 Å². The third-order valence-corrected chi connectivity index (χ3v) is 5.96. The molecule has 2 aromatic rings. The second kappa shape index (κ2) is 7.19. The highest BCUT2D eigenvalue weighted by Gasteiger charge is 2.52. The number of urea groups is 1. The SMILES string of the molecule is O=C(CSc1ccc2ccccc2n1)NN1C(=O)NC2(CCCCC2)C1=O. The minimum Gasteiger partial charge on any atom is -0.322 e. The number of nitrogens with zero attached hydrogens (tertiary/aromatic N) is 2. The highest BCUT2D eigenvalue weighted by atomic mass is 32.2. The molecule has 1 saturated carbocycles. The van der Waals surface area contributed by atoms with Gasteiger partial charge < -0.3 is 5.32 Å². The predicted molar refractivity (Wildman–Crippen MR) is 102 cm³/mol. The average Bonchev–Trinajstić information content (AvgIpc) is 2.90. The van der Waals surface area contributed by atoms with Crippen LogP contribution in [0.3, 0.4) is 0 Å². The maximum Gasteiger partial charge on any atom is 0.344 e. The van der Waals surface area contributed by atoms with E-state index in [1.165, 1.54) is 11.8 Å². The van der Waals surface area contributed by atoms with Crippen LogP contribution in [-0.4, -0.2) is 39.1 Å². The lowest BCUT2D eigenvalue weighted by Crippen LogP contribution is -2.51. The number of benzene rings is 1. The van der Waals surface area contributed by atoms with E-state index in [0.717, 1.165) is 35.2 Å². The Labute approximate surface area is 160 Å². The van der Waals surface area contributed by atoms with E-state index in [1.807, 2.05) is 36.4 Å².